The normalized spacial score (nSPS) is 11.5. The molecular formula is C13H18BrClO. The topological polar surface area (TPSA) is 9.23 Å². The molecule has 0 spiro atoms. The van der Waals surface area contributed by atoms with Crippen LogP contribution in [0.25, 0.3) is 0 Å². The molecule has 3 heteroatoms. The fourth-order valence-electron chi connectivity index (χ4n) is 1.45. The second-order valence-electron chi connectivity index (χ2n) is 4.08. The smallest absolute Gasteiger partial charge is 0.119 e. The third kappa shape index (κ3) is 3.67. The summed E-state index contributed by atoms with van der Waals surface area (Å²) in [5.74, 6) is 0.886. The Morgan fingerprint density at radius 3 is 2.19 bits per heavy atom. The second kappa shape index (κ2) is 6.51. The first-order valence-corrected chi connectivity index (χ1v) is 7.10. The van der Waals surface area contributed by atoms with E-state index in [1.165, 1.54) is 0 Å². The van der Waals surface area contributed by atoms with Gasteiger partial charge in [0.05, 0.1) is 6.61 Å². The van der Waals surface area contributed by atoms with E-state index in [-0.39, 0.29) is 5.41 Å². The Morgan fingerprint density at radius 1 is 1.19 bits per heavy atom. The van der Waals surface area contributed by atoms with Crippen LogP contribution in [0, 0.1) is 5.41 Å². The standard InChI is InChI=1S/C13H18BrClO/c1-3-13(4-2,9-14)10-16-12-7-5-11(15)6-8-12/h5-8H,3-4,9-10H2,1-2H3. The monoisotopic (exact) mass is 304 g/mol. The first kappa shape index (κ1) is 13.9. The summed E-state index contributed by atoms with van der Waals surface area (Å²) in [5, 5.41) is 1.71. The number of rotatable bonds is 6. The van der Waals surface area contributed by atoms with Crippen molar-refractivity contribution < 1.29 is 4.74 Å². The maximum atomic E-state index is 5.82. The van der Waals surface area contributed by atoms with Gasteiger partial charge in [-0.25, -0.2) is 0 Å². The van der Waals surface area contributed by atoms with Crippen molar-refractivity contribution in [1.29, 1.82) is 0 Å². The van der Waals surface area contributed by atoms with Crippen LogP contribution in [0.1, 0.15) is 26.7 Å². The number of halogens is 2. The highest BCUT2D eigenvalue weighted by atomic mass is 79.9. The number of ether oxygens (including phenoxy) is 1. The molecule has 0 bridgehead atoms. The molecule has 0 aliphatic rings. The van der Waals surface area contributed by atoms with Crippen molar-refractivity contribution in [3.63, 3.8) is 0 Å². The Balaban J connectivity index is 2.58. The van der Waals surface area contributed by atoms with Crippen molar-refractivity contribution in [2.24, 2.45) is 5.41 Å². The Hall–Kier alpha value is -0.210. The van der Waals surface area contributed by atoms with Gasteiger partial charge in [0, 0.05) is 15.8 Å². The highest BCUT2D eigenvalue weighted by molar-refractivity contribution is 9.09. The lowest BCUT2D eigenvalue weighted by Crippen LogP contribution is -2.28. The van der Waals surface area contributed by atoms with E-state index in [1.54, 1.807) is 0 Å². The molecule has 0 heterocycles. The van der Waals surface area contributed by atoms with Crippen molar-refractivity contribution >= 4 is 27.5 Å². The molecular weight excluding hydrogens is 287 g/mol. The van der Waals surface area contributed by atoms with Crippen molar-refractivity contribution in [3.05, 3.63) is 29.3 Å². The number of alkyl halides is 1. The maximum Gasteiger partial charge on any atom is 0.119 e. The van der Waals surface area contributed by atoms with Crippen LogP contribution in [0.5, 0.6) is 5.75 Å². The molecule has 0 atom stereocenters. The summed E-state index contributed by atoms with van der Waals surface area (Å²) in [6, 6.07) is 7.52. The zero-order chi connectivity index (χ0) is 12.0. The van der Waals surface area contributed by atoms with Crippen molar-refractivity contribution in [1.82, 2.24) is 0 Å². The predicted molar refractivity (Wildman–Crippen MR) is 73.8 cm³/mol. The van der Waals surface area contributed by atoms with Gasteiger partial charge in [-0.05, 0) is 37.1 Å². The highest BCUT2D eigenvalue weighted by Gasteiger charge is 2.25. The van der Waals surface area contributed by atoms with Crippen LogP contribution in [-0.2, 0) is 0 Å². The molecule has 0 unspecified atom stereocenters. The minimum Gasteiger partial charge on any atom is -0.493 e. The van der Waals surface area contributed by atoms with Crippen molar-refractivity contribution in [2.75, 3.05) is 11.9 Å². The van der Waals surface area contributed by atoms with Crippen LogP contribution in [0.4, 0.5) is 0 Å². The molecule has 0 aliphatic heterocycles. The third-order valence-electron chi connectivity index (χ3n) is 3.14. The van der Waals surface area contributed by atoms with Crippen molar-refractivity contribution in [2.45, 2.75) is 26.7 Å². The van der Waals surface area contributed by atoms with Crippen LogP contribution < -0.4 is 4.74 Å². The van der Waals surface area contributed by atoms with Gasteiger partial charge in [-0.2, -0.15) is 0 Å². The van der Waals surface area contributed by atoms with E-state index >= 15 is 0 Å². The summed E-state index contributed by atoms with van der Waals surface area (Å²) in [6.45, 7) is 5.15. The molecule has 0 fully saturated rings. The second-order valence-corrected chi connectivity index (χ2v) is 5.08. The molecule has 0 aliphatic carbocycles. The summed E-state index contributed by atoms with van der Waals surface area (Å²) in [5.41, 5.74) is 0.236. The fourth-order valence-corrected chi connectivity index (χ4v) is 2.53. The van der Waals surface area contributed by atoms with Crippen LogP contribution >= 0.6 is 27.5 Å². The quantitative estimate of drug-likeness (QED) is 0.678. The molecule has 1 nitrogen and oxygen atoms in total. The molecule has 1 rings (SSSR count). The number of benzene rings is 1. The first-order valence-electron chi connectivity index (χ1n) is 5.60. The molecule has 90 valence electrons. The summed E-state index contributed by atoms with van der Waals surface area (Å²) >= 11 is 9.40. The highest BCUT2D eigenvalue weighted by Crippen LogP contribution is 2.30. The minimum absolute atomic E-state index is 0.236. The molecule has 0 amide bonds. The lowest BCUT2D eigenvalue weighted by Gasteiger charge is -2.29. The summed E-state index contributed by atoms with van der Waals surface area (Å²) < 4.78 is 5.81. The van der Waals surface area contributed by atoms with Gasteiger partial charge in [-0.1, -0.05) is 41.4 Å². The van der Waals surface area contributed by atoms with Gasteiger partial charge in [-0.15, -0.1) is 0 Å². The average molecular weight is 306 g/mol. The Bertz CT molecular complexity index is 298. The van der Waals surface area contributed by atoms with Crippen molar-refractivity contribution in [3.8, 4) is 5.75 Å². The zero-order valence-electron chi connectivity index (χ0n) is 9.80. The van der Waals surface area contributed by atoms with Gasteiger partial charge in [0.15, 0.2) is 0 Å². The fraction of sp³-hybridized carbons (Fsp3) is 0.538. The van der Waals surface area contributed by atoms with Crippen LogP contribution in [-0.4, -0.2) is 11.9 Å². The van der Waals surface area contributed by atoms with Gasteiger partial charge < -0.3 is 4.74 Å². The lowest BCUT2D eigenvalue weighted by atomic mass is 9.86. The molecule has 0 radical (unpaired) electrons. The lowest BCUT2D eigenvalue weighted by molar-refractivity contribution is 0.158. The Labute approximate surface area is 111 Å². The van der Waals surface area contributed by atoms with Gasteiger partial charge in [-0.3, -0.25) is 0 Å². The van der Waals surface area contributed by atoms with E-state index in [2.05, 4.69) is 29.8 Å². The number of hydrogen-bond donors (Lipinski definition) is 0. The van der Waals surface area contributed by atoms with E-state index in [9.17, 15) is 0 Å². The van der Waals surface area contributed by atoms with Gasteiger partial charge in [0.1, 0.15) is 5.75 Å². The Morgan fingerprint density at radius 2 is 1.75 bits per heavy atom. The minimum atomic E-state index is 0.236. The average Bonchev–Trinajstić information content (AvgIpc) is 2.34. The largest absolute Gasteiger partial charge is 0.493 e. The first-order chi connectivity index (χ1) is 7.65. The summed E-state index contributed by atoms with van der Waals surface area (Å²) in [6.07, 6.45) is 2.23. The molecule has 1 aromatic rings. The van der Waals surface area contributed by atoms with E-state index in [1.807, 2.05) is 24.3 Å². The third-order valence-corrected chi connectivity index (χ3v) is 4.58. The van der Waals surface area contributed by atoms with E-state index < -0.39 is 0 Å². The van der Waals surface area contributed by atoms with E-state index in [4.69, 9.17) is 16.3 Å². The van der Waals surface area contributed by atoms with Crippen LogP contribution in [0.15, 0.2) is 24.3 Å². The molecule has 0 N–H and O–H groups in total. The van der Waals surface area contributed by atoms with Gasteiger partial charge in [0.2, 0.25) is 0 Å². The molecule has 16 heavy (non-hydrogen) atoms. The number of hydrogen-bond acceptors (Lipinski definition) is 1. The summed E-state index contributed by atoms with van der Waals surface area (Å²) in [7, 11) is 0. The van der Waals surface area contributed by atoms with E-state index in [0.29, 0.717) is 0 Å². The summed E-state index contributed by atoms with van der Waals surface area (Å²) in [4.78, 5) is 0. The van der Waals surface area contributed by atoms with Crippen LogP contribution in [0.2, 0.25) is 5.02 Å². The van der Waals surface area contributed by atoms with Gasteiger partial charge >= 0.3 is 0 Å². The van der Waals surface area contributed by atoms with Gasteiger partial charge in [0.25, 0.3) is 0 Å². The molecule has 0 saturated heterocycles. The van der Waals surface area contributed by atoms with Crippen LogP contribution in [0.3, 0.4) is 0 Å². The zero-order valence-corrected chi connectivity index (χ0v) is 12.1. The molecule has 0 aromatic heterocycles. The predicted octanol–water partition coefficient (Wildman–Crippen LogP) is 4.92. The van der Waals surface area contributed by atoms with E-state index in [0.717, 1.165) is 35.6 Å². The maximum absolute atomic E-state index is 5.82. The SMILES string of the molecule is CCC(CC)(CBr)COc1ccc(Cl)cc1. The molecule has 1 aromatic carbocycles. The molecule has 0 saturated carbocycles. The Kier molecular flexibility index (Phi) is 5.63.